The number of rotatable bonds is 19. The van der Waals surface area contributed by atoms with Crippen molar-refractivity contribution in [2.45, 2.75) is 0 Å². The van der Waals surface area contributed by atoms with E-state index in [2.05, 4.69) is 555 Å². The standard InChI is InChI=1S/2C48H33NO.C44H29NO/c1-3-12-34(13-4-1)38-16-9-18-40(32-38)36-24-28-42(29-25-36)49(46-22-11-21-45-44-20-7-8-23-47(44)50-48(45)46)43-30-26-37(27-31-43)41-19-10-17-39(33-41)35-14-5-2-6-15-35;1-3-11-34(12-4-1)38-15-9-17-40(31-38)36-21-25-42(26-22-36)49(44-29-30-48-46(33-44)45-19-7-8-20-47(45)50-48)43-27-23-37(24-28-43)41-18-10-16-39(32-41)35-13-5-2-6-14-35;1-3-14-36-30(10-1)12-7-17-38(36)32-22-26-34(27-23-32)45(42-20-9-19-41-40-16-5-6-21-43(40)46-44(41)42)35-28-24-33(25-29-35)39-18-8-13-31-11-2-4-15-37(31)39/h2*1-33H;1-29H. The normalized spacial score (nSPS) is 11.3. The number of anilines is 9. The molecule has 6 heteroatoms. The van der Waals surface area contributed by atoms with Crippen molar-refractivity contribution in [2.75, 3.05) is 14.7 Å². The Morgan fingerprint density at radius 1 is 0.116 bits per heavy atom. The fourth-order valence-corrected chi connectivity index (χ4v) is 20.8. The largest absolute Gasteiger partial charge is 0.456 e. The number of nitrogens with zero attached hydrogens (tertiary/aromatic N) is 3. The van der Waals surface area contributed by atoms with Crippen LogP contribution >= 0.6 is 0 Å². The minimum absolute atomic E-state index is 0.868. The highest BCUT2D eigenvalue weighted by Crippen LogP contribution is 2.49. The molecule has 0 unspecified atom stereocenters. The zero-order valence-electron chi connectivity index (χ0n) is 79.9. The third-order valence-corrected chi connectivity index (χ3v) is 28.0. The number of hydrogen-bond donors (Lipinski definition) is 0. The molecule has 688 valence electrons. The van der Waals surface area contributed by atoms with Gasteiger partial charge >= 0.3 is 0 Å². The summed E-state index contributed by atoms with van der Waals surface area (Å²) < 4.78 is 19.3. The molecule has 0 radical (unpaired) electrons. The number of benzene rings is 24. The average molecular weight is 1870 g/mol. The summed E-state index contributed by atoms with van der Waals surface area (Å²) in [4.78, 5) is 6.94. The predicted octanol–water partition coefficient (Wildman–Crippen LogP) is 40.1. The Bertz CT molecular complexity index is 8990. The Labute approximate surface area is 848 Å². The fraction of sp³-hybridized carbons (Fsp3) is 0. The van der Waals surface area contributed by atoms with E-state index in [1.807, 2.05) is 36.4 Å². The van der Waals surface area contributed by atoms with E-state index in [4.69, 9.17) is 13.3 Å². The van der Waals surface area contributed by atoms with Gasteiger partial charge in [-0.2, -0.15) is 0 Å². The zero-order chi connectivity index (χ0) is 97.0. The van der Waals surface area contributed by atoms with Crippen LogP contribution in [-0.2, 0) is 0 Å². The zero-order valence-corrected chi connectivity index (χ0v) is 79.9. The highest BCUT2D eigenvalue weighted by Gasteiger charge is 2.25. The van der Waals surface area contributed by atoms with Crippen molar-refractivity contribution < 1.29 is 13.3 Å². The summed E-state index contributed by atoms with van der Waals surface area (Å²) >= 11 is 0. The van der Waals surface area contributed by atoms with Crippen LogP contribution in [0.2, 0.25) is 0 Å². The molecule has 3 aromatic heterocycles. The summed E-state index contributed by atoms with van der Waals surface area (Å²) in [7, 11) is 0. The second kappa shape index (κ2) is 39.4. The van der Waals surface area contributed by atoms with Gasteiger partial charge in [-0.3, -0.25) is 0 Å². The van der Waals surface area contributed by atoms with E-state index in [1.165, 1.54) is 133 Å². The maximum atomic E-state index is 6.56. The Morgan fingerprint density at radius 2 is 0.336 bits per heavy atom. The molecule has 3 heterocycles. The van der Waals surface area contributed by atoms with Crippen LogP contribution < -0.4 is 14.7 Å². The summed E-state index contributed by atoms with van der Waals surface area (Å²) in [5.74, 6) is 0. The monoisotopic (exact) mass is 1870 g/mol. The Kier molecular flexibility index (Phi) is 23.7. The Morgan fingerprint density at radius 3 is 0.664 bits per heavy atom. The first kappa shape index (κ1) is 88.1. The molecule has 0 bridgehead atoms. The second-order valence-electron chi connectivity index (χ2n) is 36.9. The lowest BCUT2D eigenvalue weighted by Gasteiger charge is -2.26. The van der Waals surface area contributed by atoms with Gasteiger partial charge in [-0.15, -0.1) is 0 Å². The molecule has 27 rings (SSSR count). The van der Waals surface area contributed by atoms with Gasteiger partial charge in [0.25, 0.3) is 0 Å². The molecule has 0 spiro atoms. The van der Waals surface area contributed by atoms with Gasteiger partial charge in [0.2, 0.25) is 0 Å². The molecule has 0 aliphatic carbocycles. The van der Waals surface area contributed by atoms with Gasteiger partial charge in [0.05, 0.1) is 11.4 Å². The molecule has 24 aromatic carbocycles. The minimum atomic E-state index is 0.868. The maximum absolute atomic E-state index is 6.56. The third kappa shape index (κ3) is 17.6. The third-order valence-electron chi connectivity index (χ3n) is 28.0. The van der Waals surface area contributed by atoms with Crippen molar-refractivity contribution in [3.05, 3.63) is 576 Å². The lowest BCUT2D eigenvalue weighted by atomic mass is 9.97. The van der Waals surface area contributed by atoms with Gasteiger partial charge in [-0.1, -0.05) is 431 Å². The summed E-state index contributed by atoms with van der Waals surface area (Å²) in [6.45, 7) is 0. The summed E-state index contributed by atoms with van der Waals surface area (Å²) in [5.41, 5.74) is 38.8. The van der Waals surface area contributed by atoms with Crippen molar-refractivity contribution in [3.63, 3.8) is 0 Å². The van der Waals surface area contributed by atoms with Crippen LogP contribution in [0.25, 0.3) is 199 Å². The Balaban J connectivity index is 0.000000114. The van der Waals surface area contributed by atoms with Crippen LogP contribution in [0, 0.1) is 0 Å². The summed E-state index contributed by atoms with van der Waals surface area (Å²) in [5, 5.41) is 11.7. The van der Waals surface area contributed by atoms with Gasteiger partial charge in [-0.25, -0.2) is 0 Å². The molecule has 0 saturated carbocycles. The van der Waals surface area contributed by atoms with Crippen molar-refractivity contribution in [1.82, 2.24) is 0 Å². The molecule has 0 N–H and O–H groups in total. The molecule has 0 amide bonds. The average Bonchev–Trinajstić information content (AvgIpc) is 1.57. The highest BCUT2D eigenvalue weighted by molar-refractivity contribution is 6.13. The lowest BCUT2D eigenvalue weighted by molar-refractivity contribution is 0.668. The second-order valence-corrected chi connectivity index (χ2v) is 36.9. The van der Waals surface area contributed by atoms with Crippen molar-refractivity contribution in [1.29, 1.82) is 0 Å². The smallest absolute Gasteiger partial charge is 0.159 e. The first-order valence-corrected chi connectivity index (χ1v) is 49.7. The minimum Gasteiger partial charge on any atom is -0.456 e. The van der Waals surface area contributed by atoms with E-state index >= 15 is 0 Å². The van der Waals surface area contributed by atoms with Crippen LogP contribution in [0.4, 0.5) is 51.2 Å². The lowest BCUT2D eigenvalue weighted by Crippen LogP contribution is -2.10. The molecular formula is C140H95N3O3. The summed E-state index contributed by atoms with van der Waals surface area (Å²) in [6.07, 6.45) is 0. The van der Waals surface area contributed by atoms with Crippen molar-refractivity contribution in [3.8, 4) is 111 Å². The molecule has 0 saturated heterocycles. The van der Waals surface area contributed by atoms with Crippen molar-refractivity contribution >= 4 is 139 Å². The maximum Gasteiger partial charge on any atom is 0.159 e. The van der Waals surface area contributed by atoms with Gasteiger partial charge in [-0.05, 0) is 278 Å². The van der Waals surface area contributed by atoms with Gasteiger partial charge < -0.3 is 28.0 Å². The van der Waals surface area contributed by atoms with Crippen LogP contribution in [0.3, 0.4) is 0 Å². The molecule has 0 aliphatic rings. The van der Waals surface area contributed by atoms with Crippen LogP contribution in [0.5, 0.6) is 0 Å². The molecule has 0 atom stereocenters. The SMILES string of the molecule is c1ccc(-c2cccc(-c3ccc(N(c4ccc(-c5cccc(-c6ccccc6)c5)cc4)c4ccc5oc6ccccc6c5c4)cc3)c2)cc1.c1ccc(-c2cccc(-c3ccc(N(c4ccc(-c5cccc(-c6ccccc6)c5)cc4)c4cccc5c4oc4ccccc45)cc3)c2)cc1.c1ccc2c(-c3ccc(N(c4ccc(-c5cccc6ccccc56)cc4)c4cccc5c4oc4ccccc45)cc3)cccc2c1. The van der Waals surface area contributed by atoms with Crippen LogP contribution in [0.1, 0.15) is 0 Å². The first-order valence-electron chi connectivity index (χ1n) is 49.7. The van der Waals surface area contributed by atoms with Crippen molar-refractivity contribution in [2.24, 2.45) is 0 Å². The Hall–Kier alpha value is -19.4. The van der Waals surface area contributed by atoms with Gasteiger partial charge in [0.15, 0.2) is 11.2 Å². The summed E-state index contributed by atoms with van der Waals surface area (Å²) in [6, 6.07) is 205. The highest BCUT2D eigenvalue weighted by atomic mass is 16.3. The van der Waals surface area contributed by atoms with Crippen LogP contribution in [0.15, 0.2) is 590 Å². The number of furan rings is 3. The number of fused-ring (bicyclic) bond motifs is 11. The quantitative estimate of drug-likeness (QED) is 0.0804. The predicted molar refractivity (Wildman–Crippen MR) is 615 cm³/mol. The van der Waals surface area contributed by atoms with E-state index < -0.39 is 0 Å². The van der Waals surface area contributed by atoms with E-state index in [-0.39, 0.29) is 0 Å². The molecule has 27 aromatic rings. The van der Waals surface area contributed by atoms with E-state index in [0.717, 1.165) is 117 Å². The first-order chi connectivity index (χ1) is 72.4. The number of hydrogen-bond acceptors (Lipinski definition) is 6. The van der Waals surface area contributed by atoms with Gasteiger partial charge in [0, 0.05) is 72.1 Å². The fourth-order valence-electron chi connectivity index (χ4n) is 20.8. The molecule has 0 fully saturated rings. The molecule has 146 heavy (non-hydrogen) atoms. The van der Waals surface area contributed by atoms with E-state index in [0.29, 0.717) is 0 Å². The van der Waals surface area contributed by atoms with E-state index in [9.17, 15) is 0 Å². The molecule has 6 nitrogen and oxygen atoms in total. The van der Waals surface area contributed by atoms with Crippen LogP contribution in [-0.4, -0.2) is 0 Å². The number of para-hydroxylation sites is 5. The molecule has 0 aliphatic heterocycles. The topological polar surface area (TPSA) is 49.1 Å². The van der Waals surface area contributed by atoms with E-state index in [1.54, 1.807) is 0 Å². The van der Waals surface area contributed by atoms with Gasteiger partial charge in [0.1, 0.15) is 22.3 Å². The molecular weight excluding hydrogens is 1770 g/mol.